The van der Waals surface area contributed by atoms with Gasteiger partial charge in [-0.15, -0.1) is 0 Å². The van der Waals surface area contributed by atoms with Gasteiger partial charge in [0, 0.05) is 31.1 Å². The highest BCUT2D eigenvalue weighted by molar-refractivity contribution is 5.83. The zero-order valence-electron chi connectivity index (χ0n) is 17.4. The molecule has 0 saturated heterocycles. The summed E-state index contributed by atoms with van der Waals surface area (Å²) in [5.41, 5.74) is 8.19. The Hall–Kier alpha value is -3.47. The van der Waals surface area contributed by atoms with Crippen molar-refractivity contribution in [2.75, 3.05) is 0 Å². The molecule has 5 heteroatoms. The number of nitrogens with zero attached hydrogens (tertiary/aromatic N) is 2. The summed E-state index contributed by atoms with van der Waals surface area (Å²) < 4.78 is 0. The first kappa shape index (κ1) is 19.8. The number of rotatable bonds is 5. The lowest BCUT2D eigenvalue weighted by Gasteiger charge is -2.20. The number of hydrogen-bond donors (Lipinski definition) is 2. The van der Waals surface area contributed by atoms with Crippen molar-refractivity contribution in [1.29, 1.82) is 0 Å². The van der Waals surface area contributed by atoms with Crippen LogP contribution in [0.5, 0.6) is 0 Å². The highest BCUT2D eigenvalue weighted by Gasteiger charge is 2.16. The topological polar surface area (TPSA) is 66.4 Å². The van der Waals surface area contributed by atoms with E-state index in [4.69, 9.17) is 0 Å². The number of nitrogens with one attached hydrogen (secondary N) is 2. The molecule has 0 radical (unpaired) electrons. The molecule has 0 bridgehead atoms. The fourth-order valence-corrected chi connectivity index (χ4v) is 3.75. The molecule has 30 heavy (non-hydrogen) atoms. The molecular weight excluding hydrogens is 372 g/mol. The van der Waals surface area contributed by atoms with E-state index < -0.39 is 0 Å². The lowest BCUT2D eigenvalue weighted by atomic mass is 9.99. The van der Waals surface area contributed by atoms with E-state index in [1.165, 1.54) is 22.3 Å². The summed E-state index contributed by atoms with van der Waals surface area (Å²) in [5.74, 6) is 0. The lowest BCUT2D eigenvalue weighted by Crippen LogP contribution is -2.42. The first-order valence-electron chi connectivity index (χ1n) is 10.2. The Morgan fingerprint density at radius 2 is 1.93 bits per heavy atom. The van der Waals surface area contributed by atoms with Crippen LogP contribution in [0.15, 0.2) is 65.8 Å². The van der Waals surface area contributed by atoms with Crippen LogP contribution in [0.1, 0.15) is 39.1 Å². The van der Waals surface area contributed by atoms with Crippen molar-refractivity contribution in [1.82, 2.24) is 15.6 Å². The smallest absolute Gasteiger partial charge is 0.316 e. The van der Waals surface area contributed by atoms with Crippen LogP contribution in [0.4, 0.5) is 4.79 Å². The molecule has 4 rings (SSSR count). The van der Waals surface area contributed by atoms with Gasteiger partial charge in [0.05, 0.1) is 0 Å². The fourth-order valence-electron chi connectivity index (χ4n) is 3.75. The molecule has 2 amide bonds. The van der Waals surface area contributed by atoms with E-state index in [0.29, 0.717) is 13.0 Å². The molecule has 1 atom stereocenters. The van der Waals surface area contributed by atoms with E-state index >= 15 is 0 Å². The molecule has 0 spiro atoms. The molecule has 2 N–H and O–H groups in total. The predicted octanol–water partition coefficient (Wildman–Crippen LogP) is 4.09. The molecular formula is C25H26N4O. The predicted molar refractivity (Wildman–Crippen MR) is 120 cm³/mol. The number of benzene rings is 2. The van der Waals surface area contributed by atoms with Gasteiger partial charge < -0.3 is 10.6 Å². The Balaban J connectivity index is 1.30. The highest BCUT2D eigenvalue weighted by Crippen LogP contribution is 2.17. The van der Waals surface area contributed by atoms with Crippen molar-refractivity contribution in [3.8, 4) is 0 Å². The van der Waals surface area contributed by atoms with Crippen molar-refractivity contribution in [3.63, 3.8) is 0 Å². The van der Waals surface area contributed by atoms with Gasteiger partial charge in [-0.1, -0.05) is 42.5 Å². The van der Waals surface area contributed by atoms with Crippen LogP contribution in [0, 0.1) is 13.8 Å². The van der Waals surface area contributed by atoms with Crippen LogP contribution in [0.25, 0.3) is 0 Å². The van der Waals surface area contributed by atoms with Gasteiger partial charge in [-0.3, -0.25) is 9.98 Å². The Kier molecular flexibility index (Phi) is 5.89. The fraction of sp³-hybridized carbons (Fsp3) is 0.240. The average Bonchev–Trinajstić information content (AvgIpc) is 2.74. The van der Waals surface area contributed by atoms with E-state index in [-0.39, 0.29) is 12.2 Å². The number of carbonyl (C=O) groups is 1. The van der Waals surface area contributed by atoms with Gasteiger partial charge in [-0.25, -0.2) is 4.79 Å². The van der Waals surface area contributed by atoms with Gasteiger partial charge in [-0.05, 0) is 65.8 Å². The first-order chi connectivity index (χ1) is 14.6. The van der Waals surface area contributed by atoms with Crippen LogP contribution >= 0.6 is 0 Å². The molecule has 2 heterocycles. The highest BCUT2D eigenvalue weighted by atomic mass is 16.2. The summed E-state index contributed by atoms with van der Waals surface area (Å²) in [4.78, 5) is 21.0. The minimum Gasteiger partial charge on any atom is -0.334 e. The second kappa shape index (κ2) is 8.91. The van der Waals surface area contributed by atoms with E-state index in [1.807, 2.05) is 37.5 Å². The van der Waals surface area contributed by atoms with Crippen LogP contribution < -0.4 is 10.6 Å². The largest absolute Gasteiger partial charge is 0.334 e. The number of aromatic nitrogens is 1. The van der Waals surface area contributed by atoms with Crippen LogP contribution in [0.2, 0.25) is 0 Å². The second-order valence-electron chi connectivity index (χ2n) is 7.77. The third-order valence-corrected chi connectivity index (χ3v) is 5.38. The normalized spacial score (nSPS) is 14.8. The Labute approximate surface area is 177 Å². The number of aryl methyl sites for hydroxylation is 2. The monoisotopic (exact) mass is 398 g/mol. The molecule has 152 valence electrons. The number of fused-ring (bicyclic) bond motifs is 1. The summed E-state index contributed by atoms with van der Waals surface area (Å²) in [6.45, 7) is 4.60. The van der Waals surface area contributed by atoms with Crippen molar-refractivity contribution >= 4 is 12.2 Å². The maximum atomic E-state index is 12.3. The summed E-state index contributed by atoms with van der Waals surface area (Å²) in [6.07, 6.45) is 5.04. The molecule has 1 aliphatic rings. The molecule has 5 nitrogen and oxygen atoms in total. The summed E-state index contributed by atoms with van der Waals surface area (Å²) in [6, 6.07) is 18.4. The maximum Gasteiger partial charge on any atom is 0.316 e. The number of pyridine rings is 1. The standard InChI is InChI=1S/C25H26N4O/c1-17-11-20(7-8-21(17)13-19-9-10-26-18(2)12-19)15-28-25(30)29-24-14-22-5-3-4-6-23(22)16-27-24/h3-12,16,24H,13-15H2,1-2H3,(H2,28,29,30). The number of carbonyl (C=O) groups excluding carboxylic acids is 1. The molecule has 1 aliphatic heterocycles. The summed E-state index contributed by atoms with van der Waals surface area (Å²) >= 11 is 0. The third kappa shape index (κ3) is 4.92. The summed E-state index contributed by atoms with van der Waals surface area (Å²) in [5, 5.41) is 5.88. The second-order valence-corrected chi connectivity index (χ2v) is 7.77. The number of urea groups is 1. The zero-order valence-corrected chi connectivity index (χ0v) is 17.4. The quantitative estimate of drug-likeness (QED) is 0.680. The Bertz CT molecular complexity index is 1090. The van der Waals surface area contributed by atoms with Gasteiger partial charge in [-0.2, -0.15) is 0 Å². The summed E-state index contributed by atoms with van der Waals surface area (Å²) in [7, 11) is 0. The van der Waals surface area contributed by atoms with Gasteiger partial charge in [0.25, 0.3) is 0 Å². The number of amides is 2. The minimum absolute atomic E-state index is 0.203. The van der Waals surface area contributed by atoms with Crippen molar-refractivity contribution in [2.45, 2.75) is 39.4 Å². The average molecular weight is 399 g/mol. The SMILES string of the molecule is Cc1cc(Cc2ccc(CNC(=O)NC3Cc4ccccc4C=N3)cc2C)ccn1. The van der Waals surface area contributed by atoms with Gasteiger partial charge in [0.2, 0.25) is 0 Å². The lowest BCUT2D eigenvalue weighted by molar-refractivity contribution is 0.237. The molecule has 2 aromatic carbocycles. The Morgan fingerprint density at radius 1 is 1.07 bits per heavy atom. The van der Waals surface area contributed by atoms with Gasteiger partial charge >= 0.3 is 6.03 Å². The molecule has 1 aromatic heterocycles. The third-order valence-electron chi connectivity index (χ3n) is 5.38. The van der Waals surface area contributed by atoms with Crippen molar-refractivity contribution < 1.29 is 4.79 Å². The molecule has 0 saturated carbocycles. The number of aliphatic imine (C=N–C) groups is 1. The number of hydrogen-bond acceptors (Lipinski definition) is 3. The first-order valence-corrected chi connectivity index (χ1v) is 10.2. The van der Waals surface area contributed by atoms with E-state index in [2.05, 4.69) is 63.9 Å². The van der Waals surface area contributed by atoms with Crippen LogP contribution in [0.3, 0.4) is 0 Å². The van der Waals surface area contributed by atoms with Crippen LogP contribution in [-0.2, 0) is 19.4 Å². The molecule has 3 aromatic rings. The van der Waals surface area contributed by atoms with Gasteiger partial charge in [0.1, 0.15) is 6.17 Å². The molecule has 0 aliphatic carbocycles. The Morgan fingerprint density at radius 3 is 2.77 bits per heavy atom. The van der Waals surface area contributed by atoms with Gasteiger partial charge in [0.15, 0.2) is 0 Å². The minimum atomic E-state index is -0.229. The van der Waals surface area contributed by atoms with E-state index in [1.54, 1.807) is 0 Å². The van der Waals surface area contributed by atoms with Crippen LogP contribution in [-0.4, -0.2) is 23.4 Å². The molecule has 1 unspecified atom stereocenters. The van der Waals surface area contributed by atoms with Crippen molar-refractivity contribution in [3.05, 3.63) is 99.9 Å². The molecule has 0 fully saturated rings. The van der Waals surface area contributed by atoms with E-state index in [0.717, 1.165) is 23.2 Å². The zero-order chi connectivity index (χ0) is 20.9. The maximum absolute atomic E-state index is 12.3. The van der Waals surface area contributed by atoms with E-state index in [9.17, 15) is 4.79 Å². The van der Waals surface area contributed by atoms with Crippen molar-refractivity contribution in [2.24, 2.45) is 4.99 Å².